The average molecular weight is 245 g/mol. The van der Waals surface area contributed by atoms with E-state index in [9.17, 15) is 8.78 Å². The van der Waals surface area contributed by atoms with E-state index in [2.05, 4.69) is 10.1 Å². The van der Waals surface area contributed by atoms with E-state index in [0.717, 1.165) is 5.69 Å². The quantitative estimate of drug-likeness (QED) is 0.800. The molecule has 0 aliphatic carbocycles. The fourth-order valence-electron chi connectivity index (χ4n) is 1.38. The predicted octanol–water partition coefficient (Wildman–Crippen LogP) is 3.12. The normalized spacial score (nSPS) is 12.5. The van der Waals surface area contributed by atoms with Gasteiger partial charge in [0, 0.05) is 24.4 Å². The molecule has 0 saturated carbocycles. The average Bonchev–Trinajstić information content (AvgIpc) is 2.26. The molecule has 0 fully saturated rings. The van der Waals surface area contributed by atoms with Crippen molar-refractivity contribution in [3.05, 3.63) is 24.3 Å². The van der Waals surface area contributed by atoms with Crippen LogP contribution < -0.4 is 10.1 Å². The first kappa shape index (κ1) is 13.7. The standard InChI is InChI=1S/C12H17F2NO2/c1-3-16-8-9(2)15-10-5-4-6-11(7-10)17-12(13)14/h4-7,9,12,15H,3,8H2,1-2H3. The Balaban J connectivity index is 2.53. The summed E-state index contributed by atoms with van der Waals surface area (Å²) in [5.41, 5.74) is 0.732. The number of alkyl halides is 2. The molecule has 0 bridgehead atoms. The predicted molar refractivity (Wildman–Crippen MR) is 62.7 cm³/mol. The van der Waals surface area contributed by atoms with Crippen LogP contribution in [0.2, 0.25) is 0 Å². The molecule has 1 rings (SSSR count). The van der Waals surface area contributed by atoms with Crippen molar-refractivity contribution in [3.63, 3.8) is 0 Å². The van der Waals surface area contributed by atoms with Gasteiger partial charge in [0.25, 0.3) is 0 Å². The fourth-order valence-corrected chi connectivity index (χ4v) is 1.38. The Morgan fingerprint density at radius 1 is 1.35 bits per heavy atom. The van der Waals surface area contributed by atoms with E-state index >= 15 is 0 Å². The van der Waals surface area contributed by atoms with Gasteiger partial charge in [-0.1, -0.05) is 6.07 Å². The van der Waals surface area contributed by atoms with Crippen LogP contribution in [0, 0.1) is 0 Å². The van der Waals surface area contributed by atoms with Gasteiger partial charge in [-0.15, -0.1) is 0 Å². The second-order valence-corrected chi connectivity index (χ2v) is 3.61. The van der Waals surface area contributed by atoms with Crippen molar-refractivity contribution in [2.75, 3.05) is 18.5 Å². The molecule has 0 saturated heterocycles. The van der Waals surface area contributed by atoms with Crippen LogP contribution in [0.15, 0.2) is 24.3 Å². The van der Waals surface area contributed by atoms with Crippen molar-refractivity contribution < 1.29 is 18.3 Å². The van der Waals surface area contributed by atoms with E-state index in [-0.39, 0.29) is 11.8 Å². The summed E-state index contributed by atoms with van der Waals surface area (Å²) < 4.78 is 33.6. The van der Waals surface area contributed by atoms with Gasteiger partial charge in [-0.2, -0.15) is 8.78 Å². The number of ether oxygens (including phenoxy) is 2. The van der Waals surface area contributed by atoms with Gasteiger partial charge < -0.3 is 14.8 Å². The highest BCUT2D eigenvalue weighted by molar-refractivity contribution is 5.48. The lowest BCUT2D eigenvalue weighted by Crippen LogP contribution is -2.21. The molecule has 0 radical (unpaired) electrons. The monoisotopic (exact) mass is 245 g/mol. The minimum atomic E-state index is -2.80. The van der Waals surface area contributed by atoms with Crippen LogP contribution in [0.25, 0.3) is 0 Å². The summed E-state index contributed by atoms with van der Waals surface area (Å²) in [4.78, 5) is 0. The molecular weight excluding hydrogens is 228 g/mol. The van der Waals surface area contributed by atoms with Crippen LogP contribution in [0.1, 0.15) is 13.8 Å². The maximum Gasteiger partial charge on any atom is 0.387 e. The lowest BCUT2D eigenvalue weighted by atomic mass is 10.2. The number of rotatable bonds is 7. The Hall–Kier alpha value is -1.36. The first-order chi connectivity index (χ1) is 8.11. The van der Waals surface area contributed by atoms with Gasteiger partial charge in [-0.25, -0.2) is 0 Å². The lowest BCUT2D eigenvalue weighted by Gasteiger charge is -2.15. The molecule has 1 atom stereocenters. The highest BCUT2D eigenvalue weighted by Gasteiger charge is 2.06. The molecule has 0 spiro atoms. The van der Waals surface area contributed by atoms with Crippen molar-refractivity contribution >= 4 is 5.69 Å². The van der Waals surface area contributed by atoms with Gasteiger partial charge >= 0.3 is 6.61 Å². The van der Waals surface area contributed by atoms with Crippen molar-refractivity contribution in [3.8, 4) is 5.75 Å². The third-order valence-corrected chi connectivity index (χ3v) is 2.04. The maximum absolute atomic E-state index is 12.0. The van der Waals surface area contributed by atoms with E-state index in [1.165, 1.54) is 12.1 Å². The zero-order valence-electron chi connectivity index (χ0n) is 9.95. The van der Waals surface area contributed by atoms with E-state index in [0.29, 0.717) is 13.2 Å². The lowest BCUT2D eigenvalue weighted by molar-refractivity contribution is -0.0498. The fraction of sp³-hybridized carbons (Fsp3) is 0.500. The Labute approximate surface area is 99.7 Å². The van der Waals surface area contributed by atoms with Crippen LogP contribution in [-0.4, -0.2) is 25.9 Å². The minimum absolute atomic E-state index is 0.108. The third-order valence-electron chi connectivity index (χ3n) is 2.04. The molecule has 3 nitrogen and oxygen atoms in total. The van der Waals surface area contributed by atoms with Crippen molar-refractivity contribution in [2.45, 2.75) is 26.5 Å². The zero-order valence-corrected chi connectivity index (χ0v) is 9.95. The number of benzene rings is 1. The van der Waals surface area contributed by atoms with Crippen LogP contribution in [0.5, 0.6) is 5.75 Å². The molecule has 0 heterocycles. The molecule has 0 amide bonds. The highest BCUT2D eigenvalue weighted by atomic mass is 19.3. The van der Waals surface area contributed by atoms with E-state index in [4.69, 9.17) is 4.74 Å². The first-order valence-electron chi connectivity index (χ1n) is 5.51. The van der Waals surface area contributed by atoms with Gasteiger partial charge in [0.2, 0.25) is 0 Å². The molecule has 0 aliphatic rings. The Kier molecular flexibility index (Phi) is 5.69. The number of halogens is 2. The van der Waals surface area contributed by atoms with Gasteiger partial charge in [-0.05, 0) is 26.0 Å². The summed E-state index contributed by atoms with van der Waals surface area (Å²) >= 11 is 0. The largest absolute Gasteiger partial charge is 0.435 e. The SMILES string of the molecule is CCOCC(C)Nc1cccc(OC(F)F)c1. The van der Waals surface area contributed by atoms with E-state index in [1.807, 2.05) is 13.8 Å². The molecular formula is C12H17F2NO2. The molecule has 0 aliphatic heterocycles. The summed E-state index contributed by atoms with van der Waals surface area (Å²) in [7, 11) is 0. The molecule has 1 aromatic carbocycles. The number of nitrogens with one attached hydrogen (secondary N) is 1. The zero-order chi connectivity index (χ0) is 12.7. The Morgan fingerprint density at radius 3 is 2.76 bits per heavy atom. The first-order valence-corrected chi connectivity index (χ1v) is 5.51. The van der Waals surface area contributed by atoms with Gasteiger partial charge in [0.1, 0.15) is 5.75 Å². The van der Waals surface area contributed by atoms with E-state index in [1.54, 1.807) is 12.1 Å². The molecule has 5 heteroatoms. The second kappa shape index (κ2) is 7.06. The van der Waals surface area contributed by atoms with Crippen LogP contribution in [0.4, 0.5) is 14.5 Å². The summed E-state index contributed by atoms with van der Waals surface area (Å²) in [5, 5.41) is 3.14. The maximum atomic E-state index is 12.0. The summed E-state index contributed by atoms with van der Waals surface area (Å²) in [6, 6.07) is 6.59. The molecule has 96 valence electrons. The third kappa shape index (κ3) is 5.49. The topological polar surface area (TPSA) is 30.5 Å². The summed E-state index contributed by atoms with van der Waals surface area (Å²) in [5.74, 6) is 0.147. The van der Waals surface area contributed by atoms with Crippen molar-refractivity contribution in [2.24, 2.45) is 0 Å². The number of hydrogen-bond acceptors (Lipinski definition) is 3. The summed E-state index contributed by atoms with van der Waals surface area (Å²) in [6.45, 7) is 2.29. The van der Waals surface area contributed by atoms with Crippen molar-refractivity contribution in [1.29, 1.82) is 0 Å². The molecule has 1 N–H and O–H groups in total. The molecule has 1 aromatic rings. The Morgan fingerprint density at radius 2 is 2.12 bits per heavy atom. The van der Waals surface area contributed by atoms with E-state index < -0.39 is 6.61 Å². The summed E-state index contributed by atoms with van der Waals surface area (Å²) in [6.07, 6.45) is 0. The number of hydrogen-bond donors (Lipinski definition) is 1. The van der Waals surface area contributed by atoms with Gasteiger partial charge in [-0.3, -0.25) is 0 Å². The van der Waals surface area contributed by atoms with Gasteiger partial charge in [0.15, 0.2) is 0 Å². The number of anilines is 1. The van der Waals surface area contributed by atoms with Crippen LogP contribution in [0.3, 0.4) is 0 Å². The molecule has 17 heavy (non-hydrogen) atoms. The second-order valence-electron chi connectivity index (χ2n) is 3.61. The molecule has 1 unspecified atom stereocenters. The van der Waals surface area contributed by atoms with Gasteiger partial charge in [0.05, 0.1) is 6.61 Å². The molecule has 0 aromatic heterocycles. The smallest absolute Gasteiger partial charge is 0.387 e. The van der Waals surface area contributed by atoms with Crippen LogP contribution in [-0.2, 0) is 4.74 Å². The highest BCUT2D eigenvalue weighted by Crippen LogP contribution is 2.19. The van der Waals surface area contributed by atoms with Crippen LogP contribution >= 0.6 is 0 Å². The van der Waals surface area contributed by atoms with Crippen molar-refractivity contribution in [1.82, 2.24) is 0 Å². The minimum Gasteiger partial charge on any atom is -0.435 e. The Bertz CT molecular complexity index is 334.